The van der Waals surface area contributed by atoms with Crippen LogP contribution in [-0.2, 0) is 0 Å². The van der Waals surface area contributed by atoms with E-state index in [9.17, 15) is 4.79 Å². The van der Waals surface area contributed by atoms with E-state index in [0.29, 0.717) is 17.1 Å². The zero-order chi connectivity index (χ0) is 18.9. The van der Waals surface area contributed by atoms with Gasteiger partial charge in [-0.2, -0.15) is 0 Å². The molecule has 0 bridgehead atoms. The van der Waals surface area contributed by atoms with Gasteiger partial charge < -0.3 is 4.42 Å². The van der Waals surface area contributed by atoms with Crippen molar-refractivity contribution in [3.63, 3.8) is 0 Å². The number of rotatable bonds is 4. The van der Waals surface area contributed by atoms with Crippen molar-refractivity contribution >= 4 is 44.2 Å². The van der Waals surface area contributed by atoms with Crippen molar-refractivity contribution in [1.82, 2.24) is 4.98 Å². The Morgan fingerprint density at radius 3 is 2.61 bits per heavy atom. The van der Waals surface area contributed by atoms with Crippen LogP contribution < -0.4 is 0 Å². The molecule has 0 saturated carbocycles. The molecule has 4 heteroatoms. The molecule has 0 N–H and O–H groups in total. The molecule has 0 aliphatic carbocycles. The van der Waals surface area contributed by atoms with Crippen LogP contribution >= 0.6 is 11.3 Å². The molecule has 0 aliphatic heterocycles. The number of benzene rings is 3. The number of furan rings is 1. The summed E-state index contributed by atoms with van der Waals surface area (Å²) in [4.78, 5) is 17.1. The number of aromatic nitrogens is 1. The molecule has 3 nitrogen and oxygen atoms in total. The maximum Gasteiger partial charge on any atom is 0.185 e. The molecule has 0 atom stereocenters. The minimum Gasteiger partial charge on any atom is -0.454 e. The predicted octanol–water partition coefficient (Wildman–Crippen LogP) is 6.61. The average molecular weight is 381 g/mol. The summed E-state index contributed by atoms with van der Waals surface area (Å²) in [5.74, 6) is 1.28. The van der Waals surface area contributed by atoms with Gasteiger partial charge in [0.05, 0.1) is 10.2 Å². The number of allylic oxidation sites excluding steroid dienone is 1. The molecule has 0 amide bonds. The fraction of sp³-hybridized carbons (Fsp3) is 0. The summed E-state index contributed by atoms with van der Waals surface area (Å²) >= 11 is 1.59. The molecule has 3 aromatic carbocycles. The first-order valence-electron chi connectivity index (χ1n) is 8.93. The molecule has 28 heavy (non-hydrogen) atoms. The molecule has 0 saturated heterocycles. The van der Waals surface area contributed by atoms with E-state index >= 15 is 0 Å². The normalized spacial score (nSPS) is 11.6. The number of carbonyl (C=O) groups excluding carboxylic acids is 1. The van der Waals surface area contributed by atoms with Crippen LogP contribution in [0.5, 0.6) is 0 Å². The smallest absolute Gasteiger partial charge is 0.185 e. The molecular weight excluding hydrogens is 366 g/mol. The Bertz CT molecular complexity index is 1310. The number of nitrogens with zero attached hydrogens (tertiary/aromatic N) is 1. The van der Waals surface area contributed by atoms with Crippen LogP contribution in [0.25, 0.3) is 37.8 Å². The van der Waals surface area contributed by atoms with Crippen LogP contribution in [0.3, 0.4) is 0 Å². The van der Waals surface area contributed by atoms with Gasteiger partial charge in [-0.25, -0.2) is 4.98 Å². The molecule has 0 spiro atoms. The van der Waals surface area contributed by atoms with Crippen LogP contribution in [0.4, 0.5) is 0 Å². The van der Waals surface area contributed by atoms with Crippen molar-refractivity contribution in [3.05, 3.63) is 96.3 Å². The number of ketones is 1. The minimum atomic E-state index is -0.0521. The highest BCUT2D eigenvalue weighted by atomic mass is 32.1. The molecule has 2 aromatic heterocycles. The van der Waals surface area contributed by atoms with E-state index in [4.69, 9.17) is 4.42 Å². The van der Waals surface area contributed by atoms with Crippen molar-refractivity contribution in [2.24, 2.45) is 0 Å². The fourth-order valence-corrected chi connectivity index (χ4v) is 4.06. The molecule has 5 rings (SSSR count). The first-order valence-corrected chi connectivity index (χ1v) is 9.75. The fourth-order valence-electron chi connectivity index (χ4n) is 3.13. The van der Waals surface area contributed by atoms with Crippen LogP contribution in [0.2, 0.25) is 0 Å². The summed E-state index contributed by atoms with van der Waals surface area (Å²) < 4.78 is 6.99. The van der Waals surface area contributed by atoms with Crippen molar-refractivity contribution < 1.29 is 9.21 Å². The van der Waals surface area contributed by atoms with Crippen LogP contribution in [0.15, 0.2) is 89.4 Å². The van der Waals surface area contributed by atoms with Crippen molar-refractivity contribution in [3.8, 4) is 10.8 Å². The van der Waals surface area contributed by atoms with Crippen molar-refractivity contribution in [2.45, 2.75) is 0 Å². The van der Waals surface area contributed by atoms with Crippen LogP contribution in [0, 0.1) is 0 Å². The van der Waals surface area contributed by atoms with Gasteiger partial charge in [0.25, 0.3) is 0 Å². The standard InChI is InChI=1S/C24H15NO2S/c26-21(18-10-9-16-5-1-2-6-17(16)15-18)13-11-19-12-14-22(27-19)24-25-20-7-3-4-8-23(20)28-24/h1-15H. The molecule has 5 aromatic rings. The SMILES string of the molecule is O=C(C=Cc1ccc(-c2nc3ccccc3s2)o1)c1ccc2ccccc2c1. The number of para-hydroxylation sites is 1. The van der Waals surface area contributed by atoms with Gasteiger partial charge in [0, 0.05) is 5.56 Å². The number of carbonyl (C=O) groups is 1. The zero-order valence-corrected chi connectivity index (χ0v) is 15.6. The van der Waals surface area contributed by atoms with Crippen LogP contribution in [-0.4, -0.2) is 10.8 Å². The second kappa shape index (κ2) is 6.91. The quantitative estimate of drug-likeness (QED) is 0.260. The third kappa shape index (κ3) is 3.15. The summed E-state index contributed by atoms with van der Waals surface area (Å²) in [5, 5.41) is 3.01. The Kier molecular flexibility index (Phi) is 4.11. The Balaban J connectivity index is 1.38. The van der Waals surface area contributed by atoms with Gasteiger partial charge in [0.15, 0.2) is 16.6 Å². The van der Waals surface area contributed by atoms with Gasteiger partial charge in [-0.05, 0) is 53.3 Å². The molecule has 0 fully saturated rings. The zero-order valence-electron chi connectivity index (χ0n) is 14.8. The number of hydrogen-bond donors (Lipinski definition) is 0. The van der Waals surface area contributed by atoms with Gasteiger partial charge in [-0.1, -0.05) is 48.5 Å². The van der Waals surface area contributed by atoms with E-state index in [2.05, 4.69) is 4.98 Å². The van der Waals surface area contributed by atoms with E-state index < -0.39 is 0 Å². The first kappa shape index (κ1) is 16.7. The lowest BCUT2D eigenvalue weighted by Gasteiger charge is -2.00. The lowest BCUT2D eigenvalue weighted by atomic mass is 10.0. The number of thiazole rings is 1. The largest absolute Gasteiger partial charge is 0.454 e. The van der Waals surface area contributed by atoms with Crippen molar-refractivity contribution in [2.75, 3.05) is 0 Å². The highest BCUT2D eigenvalue weighted by Gasteiger charge is 2.10. The Hall–Kier alpha value is -3.50. The highest BCUT2D eigenvalue weighted by molar-refractivity contribution is 7.21. The second-order valence-electron chi connectivity index (χ2n) is 6.45. The molecule has 0 radical (unpaired) electrons. The average Bonchev–Trinajstić information content (AvgIpc) is 3.38. The number of hydrogen-bond acceptors (Lipinski definition) is 4. The van der Waals surface area contributed by atoms with Crippen molar-refractivity contribution in [1.29, 1.82) is 0 Å². The maximum atomic E-state index is 12.5. The first-order chi connectivity index (χ1) is 13.8. The van der Waals surface area contributed by atoms with Gasteiger partial charge in [0.2, 0.25) is 0 Å². The molecule has 134 valence electrons. The summed E-state index contributed by atoms with van der Waals surface area (Å²) in [7, 11) is 0. The van der Waals surface area contributed by atoms with E-state index in [-0.39, 0.29) is 5.78 Å². The van der Waals surface area contributed by atoms with E-state index in [1.807, 2.05) is 78.9 Å². The Morgan fingerprint density at radius 1 is 0.893 bits per heavy atom. The summed E-state index contributed by atoms with van der Waals surface area (Å²) in [6, 6.07) is 25.5. The monoisotopic (exact) mass is 381 g/mol. The summed E-state index contributed by atoms with van der Waals surface area (Å²) in [6.45, 7) is 0. The molecule has 0 unspecified atom stereocenters. The third-order valence-corrected chi connectivity index (χ3v) is 5.62. The van der Waals surface area contributed by atoms with Gasteiger partial charge in [-0.3, -0.25) is 4.79 Å². The van der Waals surface area contributed by atoms with E-state index in [1.165, 1.54) is 0 Å². The van der Waals surface area contributed by atoms with Gasteiger partial charge >= 0.3 is 0 Å². The predicted molar refractivity (Wildman–Crippen MR) is 115 cm³/mol. The Morgan fingerprint density at radius 2 is 1.71 bits per heavy atom. The van der Waals surface area contributed by atoms with Gasteiger partial charge in [-0.15, -0.1) is 11.3 Å². The third-order valence-electron chi connectivity index (χ3n) is 4.56. The summed E-state index contributed by atoms with van der Waals surface area (Å²) in [5.41, 5.74) is 1.62. The van der Waals surface area contributed by atoms with E-state index in [1.54, 1.807) is 23.5 Å². The van der Waals surface area contributed by atoms with Gasteiger partial charge in [0.1, 0.15) is 5.76 Å². The lowest BCUT2D eigenvalue weighted by Crippen LogP contribution is -1.93. The second-order valence-corrected chi connectivity index (χ2v) is 7.48. The van der Waals surface area contributed by atoms with Crippen LogP contribution in [0.1, 0.15) is 16.1 Å². The maximum absolute atomic E-state index is 12.5. The molecule has 0 aliphatic rings. The highest BCUT2D eigenvalue weighted by Crippen LogP contribution is 2.31. The molecule has 2 heterocycles. The summed E-state index contributed by atoms with van der Waals surface area (Å²) in [6.07, 6.45) is 3.25. The molecular formula is C24H15NO2S. The Labute approximate surface area is 165 Å². The number of fused-ring (bicyclic) bond motifs is 2. The van der Waals surface area contributed by atoms with E-state index in [0.717, 1.165) is 26.0 Å². The topological polar surface area (TPSA) is 43.1 Å². The lowest BCUT2D eigenvalue weighted by molar-refractivity contribution is 0.104. The minimum absolute atomic E-state index is 0.0521.